The Labute approximate surface area is 209 Å². The highest BCUT2D eigenvalue weighted by Crippen LogP contribution is 2.26. The van der Waals surface area contributed by atoms with Gasteiger partial charge in [-0.1, -0.05) is 15.9 Å². The molecule has 2 aliphatic heterocycles. The van der Waals surface area contributed by atoms with E-state index in [2.05, 4.69) is 26.1 Å². The Bertz CT molecular complexity index is 1130. The number of rotatable bonds is 5. The van der Waals surface area contributed by atoms with Crippen molar-refractivity contribution in [2.75, 3.05) is 51.6 Å². The lowest BCUT2D eigenvalue weighted by molar-refractivity contribution is -0.120. The van der Waals surface area contributed by atoms with Gasteiger partial charge in [-0.05, 0) is 68.4 Å². The lowest BCUT2D eigenvalue weighted by atomic mass is 9.98. The third-order valence-corrected chi connectivity index (χ3v) is 8.80. The molecule has 1 atom stereocenters. The number of hydrogen-bond acceptors (Lipinski definition) is 5. The van der Waals surface area contributed by atoms with Gasteiger partial charge in [-0.2, -0.15) is 4.31 Å². The van der Waals surface area contributed by atoms with Crippen molar-refractivity contribution >= 4 is 43.5 Å². The maximum atomic E-state index is 13.0. The molecule has 4 rings (SSSR count). The van der Waals surface area contributed by atoms with Crippen LogP contribution in [0.25, 0.3) is 0 Å². The van der Waals surface area contributed by atoms with Crippen LogP contribution in [0, 0.1) is 5.92 Å². The van der Waals surface area contributed by atoms with Crippen molar-refractivity contribution in [3.05, 3.63) is 58.6 Å². The molecule has 2 aromatic rings. The fourth-order valence-electron chi connectivity index (χ4n) is 4.26. The first-order valence-electron chi connectivity index (χ1n) is 11.4. The van der Waals surface area contributed by atoms with E-state index in [1.165, 1.54) is 4.31 Å². The Morgan fingerprint density at radius 3 is 2.24 bits per heavy atom. The highest BCUT2D eigenvalue weighted by molar-refractivity contribution is 9.10. The Morgan fingerprint density at radius 2 is 1.59 bits per heavy atom. The summed E-state index contributed by atoms with van der Waals surface area (Å²) >= 11 is 3.32. The SMILES string of the molecule is CN1CCN(C(=O)c2ccc(NC(=O)[C@H]3CCCN(S(=O)(=O)c4ccc(Br)cc4)C3)cc2)CC1. The zero-order valence-corrected chi connectivity index (χ0v) is 21.5. The zero-order valence-electron chi connectivity index (χ0n) is 19.1. The molecule has 2 saturated heterocycles. The van der Waals surface area contributed by atoms with Crippen LogP contribution in [-0.4, -0.2) is 80.7 Å². The summed E-state index contributed by atoms with van der Waals surface area (Å²) in [6, 6.07) is 13.4. The van der Waals surface area contributed by atoms with E-state index < -0.39 is 15.9 Å². The molecule has 0 radical (unpaired) electrons. The minimum absolute atomic E-state index is 0.00736. The number of nitrogens with zero attached hydrogens (tertiary/aromatic N) is 3. The van der Waals surface area contributed by atoms with Gasteiger partial charge in [0.1, 0.15) is 0 Å². The average molecular weight is 549 g/mol. The number of sulfonamides is 1. The van der Waals surface area contributed by atoms with Gasteiger partial charge in [0.15, 0.2) is 0 Å². The Balaban J connectivity index is 1.37. The van der Waals surface area contributed by atoms with E-state index in [-0.39, 0.29) is 23.3 Å². The van der Waals surface area contributed by atoms with Crippen molar-refractivity contribution in [2.45, 2.75) is 17.7 Å². The molecule has 1 N–H and O–H groups in total. The molecule has 0 bridgehead atoms. The van der Waals surface area contributed by atoms with Gasteiger partial charge in [-0.25, -0.2) is 8.42 Å². The van der Waals surface area contributed by atoms with Crippen LogP contribution >= 0.6 is 15.9 Å². The van der Waals surface area contributed by atoms with Crippen molar-refractivity contribution in [1.29, 1.82) is 0 Å². The van der Waals surface area contributed by atoms with Crippen LogP contribution in [0.3, 0.4) is 0 Å². The minimum atomic E-state index is -3.66. The molecule has 0 aliphatic carbocycles. The third kappa shape index (κ3) is 5.68. The molecule has 0 spiro atoms. The van der Waals surface area contributed by atoms with Gasteiger partial charge in [0.05, 0.1) is 10.8 Å². The largest absolute Gasteiger partial charge is 0.336 e. The number of halogens is 1. The standard InChI is InChI=1S/C24H29BrN4O4S/c1-27-13-15-28(16-14-27)24(31)18-4-8-21(9-5-18)26-23(30)19-3-2-12-29(17-19)34(32,33)22-10-6-20(25)7-11-22/h4-11,19H,2-3,12-17H2,1H3,(H,26,30)/t19-/m0/s1. The monoisotopic (exact) mass is 548 g/mol. The molecule has 34 heavy (non-hydrogen) atoms. The van der Waals surface area contributed by atoms with E-state index in [1.54, 1.807) is 48.5 Å². The molecule has 10 heteroatoms. The Kier molecular flexibility index (Phi) is 7.71. The summed E-state index contributed by atoms with van der Waals surface area (Å²) in [7, 11) is -1.62. The molecule has 8 nitrogen and oxygen atoms in total. The minimum Gasteiger partial charge on any atom is -0.336 e. The number of hydrogen-bond donors (Lipinski definition) is 1. The Hall–Kier alpha value is -2.27. The van der Waals surface area contributed by atoms with Crippen LogP contribution in [0.5, 0.6) is 0 Å². The number of likely N-dealkylation sites (N-methyl/N-ethyl adjacent to an activating group) is 1. The van der Waals surface area contributed by atoms with Crippen molar-refractivity contribution in [1.82, 2.24) is 14.1 Å². The van der Waals surface area contributed by atoms with Crippen molar-refractivity contribution in [3.63, 3.8) is 0 Å². The van der Waals surface area contributed by atoms with E-state index in [0.29, 0.717) is 43.7 Å². The number of anilines is 1. The van der Waals surface area contributed by atoms with Gasteiger partial charge >= 0.3 is 0 Å². The highest BCUT2D eigenvalue weighted by atomic mass is 79.9. The highest BCUT2D eigenvalue weighted by Gasteiger charge is 2.33. The predicted molar refractivity (Wildman–Crippen MR) is 134 cm³/mol. The van der Waals surface area contributed by atoms with E-state index in [9.17, 15) is 18.0 Å². The fraction of sp³-hybridized carbons (Fsp3) is 0.417. The number of carbonyl (C=O) groups excluding carboxylic acids is 2. The third-order valence-electron chi connectivity index (χ3n) is 6.40. The van der Waals surface area contributed by atoms with Gasteiger partial charge in [-0.3, -0.25) is 9.59 Å². The van der Waals surface area contributed by atoms with Gasteiger partial charge < -0.3 is 15.1 Å². The van der Waals surface area contributed by atoms with Gasteiger partial charge in [0.2, 0.25) is 15.9 Å². The molecule has 0 aromatic heterocycles. The lowest BCUT2D eigenvalue weighted by Crippen LogP contribution is -2.47. The smallest absolute Gasteiger partial charge is 0.253 e. The van der Waals surface area contributed by atoms with E-state index in [1.807, 2.05) is 11.9 Å². The maximum Gasteiger partial charge on any atom is 0.253 e. The van der Waals surface area contributed by atoms with Crippen molar-refractivity contribution < 1.29 is 18.0 Å². The second-order valence-electron chi connectivity index (χ2n) is 8.82. The second kappa shape index (κ2) is 10.6. The molecule has 2 amide bonds. The number of piperidine rings is 1. The molecule has 2 aromatic carbocycles. The number of carbonyl (C=O) groups is 2. The molecule has 2 aliphatic rings. The lowest BCUT2D eigenvalue weighted by Gasteiger charge is -2.32. The number of piperazine rings is 1. The zero-order chi connectivity index (χ0) is 24.3. The van der Waals surface area contributed by atoms with Gasteiger partial charge in [-0.15, -0.1) is 0 Å². The van der Waals surface area contributed by atoms with E-state index in [4.69, 9.17) is 0 Å². The normalized spacial score (nSPS) is 20.2. The number of nitrogens with one attached hydrogen (secondary N) is 1. The first-order chi connectivity index (χ1) is 16.2. The van der Waals surface area contributed by atoms with Crippen LogP contribution in [0.1, 0.15) is 23.2 Å². The molecular formula is C24H29BrN4O4S. The summed E-state index contributed by atoms with van der Waals surface area (Å²) in [5, 5.41) is 2.88. The quantitative estimate of drug-likeness (QED) is 0.620. The molecule has 2 fully saturated rings. The van der Waals surface area contributed by atoms with Crippen LogP contribution in [-0.2, 0) is 14.8 Å². The summed E-state index contributed by atoms with van der Waals surface area (Å²) in [5.74, 6) is -0.661. The molecule has 182 valence electrons. The number of benzene rings is 2. The number of amides is 2. The van der Waals surface area contributed by atoms with Crippen molar-refractivity contribution in [2.24, 2.45) is 5.92 Å². The maximum absolute atomic E-state index is 13.0. The predicted octanol–water partition coefficient (Wildman–Crippen LogP) is 2.88. The van der Waals surface area contributed by atoms with Crippen LogP contribution < -0.4 is 5.32 Å². The summed E-state index contributed by atoms with van der Waals surface area (Å²) in [5.41, 5.74) is 1.18. The van der Waals surface area contributed by atoms with E-state index in [0.717, 1.165) is 17.6 Å². The summed E-state index contributed by atoms with van der Waals surface area (Å²) in [6.07, 6.45) is 1.24. The Morgan fingerprint density at radius 1 is 0.941 bits per heavy atom. The first-order valence-corrected chi connectivity index (χ1v) is 13.6. The summed E-state index contributed by atoms with van der Waals surface area (Å²) in [6.45, 7) is 3.66. The molecular weight excluding hydrogens is 520 g/mol. The molecule has 2 heterocycles. The molecule has 0 unspecified atom stereocenters. The van der Waals surface area contributed by atoms with Crippen molar-refractivity contribution in [3.8, 4) is 0 Å². The topological polar surface area (TPSA) is 90.0 Å². The average Bonchev–Trinajstić information content (AvgIpc) is 2.85. The van der Waals surface area contributed by atoms with Crippen LogP contribution in [0.2, 0.25) is 0 Å². The van der Waals surface area contributed by atoms with Gasteiger partial charge in [0.25, 0.3) is 5.91 Å². The van der Waals surface area contributed by atoms with Gasteiger partial charge in [0, 0.05) is 55.0 Å². The molecule has 0 saturated carbocycles. The second-order valence-corrected chi connectivity index (χ2v) is 11.7. The summed E-state index contributed by atoms with van der Waals surface area (Å²) in [4.78, 5) is 29.9. The first kappa shape index (κ1) is 24.8. The van der Waals surface area contributed by atoms with Crippen LogP contribution in [0.15, 0.2) is 57.9 Å². The summed E-state index contributed by atoms with van der Waals surface area (Å²) < 4.78 is 28.2. The van der Waals surface area contributed by atoms with Crippen LogP contribution in [0.4, 0.5) is 5.69 Å². The fourth-order valence-corrected chi connectivity index (χ4v) is 6.05. The van der Waals surface area contributed by atoms with E-state index >= 15 is 0 Å².